The third kappa shape index (κ3) is 4.14. The molecular weight excluding hydrogens is 322 g/mol. The van der Waals surface area contributed by atoms with Gasteiger partial charge in [0, 0.05) is 20.3 Å². The summed E-state index contributed by atoms with van der Waals surface area (Å²) in [6, 6.07) is 12.4. The number of halogens is 1. The molecule has 0 fully saturated rings. The van der Waals surface area contributed by atoms with Crippen LogP contribution in [0.3, 0.4) is 0 Å². The van der Waals surface area contributed by atoms with E-state index in [1.165, 1.54) is 9.75 Å². The first-order valence-electron chi connectivity index (χ1n) is 6.24. The van der Waals surface area contributed by atoms with Gasteiger partial charge in [-0.3, -0.25) is 0 Å². The highest BCUT2D eigenvalue weighted by molar-refractivity contribution is 9.10. The molecule has 2 nitrogen and oxygen atoms in total. The van der Waals surface area contributed by atoms with Crippen molar-refractivity contribution in [1.82, 2.24) is 0 Å². The molecule has 0 radical (unpaired) electrons. The molecule has 0 amide bonds. The van der Waals surface area contributed by atoms with E-state index in [-0.39, 0.29) is 12.1 Å². The van der Waals surface area contributed by atoms with Gasteiger partial charge in [0.05, 0.1) is 6.61 Å². The summed E-state index contributed by atoms with van der Waals surface area (Å²) in [5, 5.41) is 0. The highest BCUT2D eigenvalue weighted by Crippen LogP contribution is 2.28. The second kappa shape index (κ2) is 6.66. The van der Waals surface area contributed by atoms with Crippen LogP contribution in [0.25, 0.3) is 0 Å². The molecule has 0 spiro atoms. The molecule has 1 aromatic heterocycles. The van der Waals surface area contributed by atoms with Crippen molar-refractivity contribution in [2.45, 2.75) is 32.6 Å². The summed E-state index contributed by atoms with van der Waals surface area (Å²) in [5.74, 6) is 0. The van der Waals surface area contributed by atoms with Crippen molar-refractivity contribution in [2.24, 2.45) is 5.73 Å². The molecule has 2 unspecified atom stereocenters. The number of aryl methyl sites for hydroxylation is 1. The zero-order chi connectivity index (χ0) is 13.8. The molecular formula is C15H18BrNOS. The summed E-state index contributed by atoms with van der Waals surface area (Å²) in [4.78, 5) is 2.48. The molecule has 4 heteroatoms. The van der Waals surface area contributed by atoms with E-state index in [0.29, 0.717) is 6.61 Å². The Morgan fingerprint density at radius 2 is 1.89 bits per heavy atom. The number of hydrogen-bond donors (Lipinski definition) is 1. The number of benzene rings is 1. The van der Waals surface area contributed by atoms with Gasteiger partial charge in [0.2, 0.25) is 0 Å². The van der Waals surface area contributed by atoms with E-state index < -0.39 is 0 Å². The normalized spacial score (nSPS) is 14.3. The molecule has 0 aliphatic heterocycles. The van der Waals surface area contributed by atoms with Crippen molar-refractivity contribution in [2.75, 3.05) is 0 Å². The Morgan fingerprint density at radius 3 is 2.42 bits per heavy atom. The fraction of sp³-hybridized carbons (Fsp3) is 0.333. The molecule has 0 saturated heterocycles. The van der Waals surface area contributed by atoms with Gasteiger partial charge in [0.25, 0.3) is 0 Å². The number of hydrogen-bond acceptors (Lipinski definition) is 3. The zero-order valence-electron chi connectivity index (χ0n) is 11.1. The molecule has 0 aliphatic rings. The molecule has 0 aliphatic carbocycles. The van der Waals surface area contributed by atoms with E-state index in [1.54, 1.807) is 11.3 Å². The third-order valence-electron chi connectivity index (χ3n) is 2.86. The first-order chi connectivity index (χ1) is 9.06. The fourth-order valence-electron chi connectivity index (χ4n) is 1.87. The second-order valence-corrected chi connectivity index (χ2v) is 6.90. The lowest BCUT2D eigenvalue weighted by Crippen LogP contribution is -2.26. The van der Waals surface area contributed by atoms with Gasteiger partial charge in [0.15, 0.2) is 0 Å². The van der Waals surface area contributed by atoms with Crippen LogP contribution in [0.4, 0.5) is 0 Å². The van der Waals surface area contributed by atoms with E-state index in [1.807, 2.05) is 19.1 Å². The minimum Gasteiger partial charge on any atom is -0.366 e. The zero-order valence-corrected chi connectivity index (χ0v) is 13.5. The summed E-state index contributed by atoms with van der Waals surface area (Å²) in [6.45, 7) is 4.67. The summed E-state index contributed by atoms with van der Waals surface area (Å²) in [5.41, 5.74) is 7.20. The molecule has 1 heterocycles. The van der Waals surface area contributed by atoms with Gasteiger partial charge >= 0.3 is 0 Å². The van der Waals surface area contributed by atoms with Crippen LogP contribution >= 0.6 is 27.3 Å². The van der Waals surface area contributed by atoms with Crippen LogP contribution in [-0.4, -0.2) is 6.04 Å². The first kappa shape index (κ1) is 14.7. The van der Waals surface area contributed by atoms with Crippen molar-refractivity contribution in [1.29, 1.82) is 0 Å². The maximum absolute atomic E-state index is 6.04. The van der Waals surface area contributed by atoms with Gasteiger partial charge in [-0.1, -0.05) is 28.1 Å². The summed E-state index contributed by atoms with van der Waals surface area (Å²) < 4.78 is 7.08. The molecule has 0 saturated carbocycles. The number of rotatable bonds is 5. The predicted molar refractivity (Wildman–Crippen MR) is 84.4 cm³/mol. The molecule has 2 aromatic rings. The van der Waals surface area contributed by atoms with Gasteiger partial charge in [-0.25, -0.2) is 0 Å². The third-order valence-corrected chi connectivity index (χ3v) is 4.45. The molecule has 19 heavy (non-hydrogen) atoms. The maximum atomic E-state index is 6.04. The van der Waals surface area contributed by atoms with Crippen LogP contribution < -0.4 is 5.73 Å². The largest absolute Gasteiger partial charge is 0.366 e. The van der Waals surface area contributed by atoms with E-state index in [4.69, 9.17) is 10.5 Å². The van der Waals surface area contributed by atoms with Gasteiger partial charge in [-0.05, 0) is 43.7 Å². The maximum Gasteiger partial charge on any atom is 0.107 e. The Hall–Kier alpha value is -0.680. The van der Waals surface area contributed by atoms with E-state index in [2.05, 4.69) is 47.1 Å². The van der Waals surface area contributed by atoms with Crippen LogP contribution in [-0.2, 0) is 11.3 Å². The lowest BCUT2D eigenvalue weighted by Gasteiger charge is -2.20. The minimum atomic E-state index is -0.0395. The topological polar surface area (TPSA) is 35.2 Å². The monoisotopic (exact) mass is 339 g/mol. The molecule has 0 bridgehead atoms. The molecule has 102 valence electrons. The van der Waals surface area contributed by atoms with Crippen molar-refractivity contribution < 1.29 is 4.74 Å². The predicted octanol–water partition coefficient (Wildman–Crippen LogP) is 4.42. The van der Waals surface area contributed by atoms with Gasteiger partial charge in [0.1, 0.15) is 6.10 Å². The Morgan fingerprint density at radius 1 is 1.21 bits per heavy atom. The summed E-state index contributed by atoms with van der Waals surface area (Å²) in [6.07, 6.45) is -0.0395. The van der Waals surface area contributed by atoms with E-state index in [0.717, 1.165) is 10.0 Å². The molecule has 2 N–H and O–H groups in total. The van der Waals surface area contributed by atoms with E-state index >= 15 is 0 Å². The Kier molecular flexibility index (Phi) is 5.16. The van der Waals surface area contributed by atoms with Crippen molar-refractivity contribution in [3.63, 3.8) is 0 Å². The van der Waals surface area contributed by atoms with Crippen LogP contribution in [0.5, 0.6) is 0 Å². The first-order valence-corrected chi connectivity index (χ1v) is 7.85. The lowest BCUT2D eigenvalue weighted by molar-refractivity contribution is 0.0282. The second-order valence-electron chi connectivity index (χ2n) is 4.67. The van der Waals surface area contributed by atoms with Gasteiger partial charge in [-0.2, -0.15) is 0 Å². The van der Waals surface area contributed by atoms with Crippen LogP contribution in [0.1, 0.15) is 28.3 Å². The Labute approximate surface area is 126 Å². The van der Waals surface area contributed by atoms with Crippen LogP contribution in [0.2, 0.25) is 0 Å². The minimum absolute atomic E-state index is 0.0199. The molecule has 2 rings (SSSR count). The smallest absolute Gasteiger partial charge is 0.107 e. The van der Waals surface area contributed by atoms with Crippen LogP contribution in [0, 0.1) is 6.92 Å². The Balaban J connectivity index is 2.03. The molecule has 1 aromatic carbocycles. The standard InChI is InChI=1S/C15H18BrNOS/c1-10-3-8-14(19-10)15(11(2)17)18-9-12-4-6-13(16)7-5-12/h3-8,11,15H,9,17H2,1-2H3. The Bertz CT molecular complexity index is 521. The SMILES string of the molecule is Cc1ccc(C(OCc2ccc(Br)cc2)C(C)N)s1. The fourth-order valence-corrected chi connectivity index (χ4v) is 3.17. The average Bonchev–Trinajstić information content (AvgIpc) is 2.78. The number of thiophene rings is 1. The quantitative estimate of drug-likeness (QED) is 0.874. The highest BCUT2D eigenvalue weighted by Gasteiger charge is 2.18. The highest BCUT2D eigenvalue weighted by atomic mass is 79.9. The lowest BCUT2D eigenvalue weighted by atomic mass is 10.1. The van der Waals surface area contributed by atoms with Crippen molar-refractivity contribution in [3.05, 3.63) is 56.2 Å². The van der Waals surface area contributed by atoms with Gasteiger partial charge < -0.3 is 10.5 Å². The number of nitrogens with two attached hydrogens (primary N) is 1. The van der Waals surface area contributed by atoms with E-state index in [9.17, 15) is 0 Å². The average molecular weight is 340 g/mol. The summed E-state index contributed by atoms with van der Waals surface area (Å²) in [7, 11) is 0. The van der Waals surface area contributed by atoms with Crippen LogP contribution in [0.15, 0.2) is 40.9 Å². The van der Waals surface area contributed by atoms with Gasteiger partial charge in [-0.15, -0.1) is 11.3 Å². The molecule has 2 atom stereocenters. The van der Waals surface area contributed by atoms with Crippen molar-refractivity contribution in [3.8, 4) is 0 Å². The summed E-state index contributed by atoms with van der Waals surface area (Å²) >= 11 is 5.18. The number of ether oxygens (including phenoxy) is 1. The van der Waals surface area contributed by atoms with Crippen molar-refractivity contribution >= 4 is 27.3 Å².